The van der Waals surface area contributed by atoms with E-state index in [1.807, 2.05) is 14.0 Å². The molecule has 0 amide bonds. The van der Waals surface area contributed by atoms with Crippen LogP contribution in [-0.2, 0) is 16.6 Å². The fraction of sp³-hybridized carbons (Fsp3) is 0.250. The molecule has 0 heterocycles. The van der Waals surface area contributed by atoms with Crippen molar-refractivity contribution >= 4 is 26.0 Å². The van der Waals surface area contributed by atoms with Crippen molar-refractivity contribution in [3.63, 3.8) is 0 Å². The predicted molar refractivity (Wildman–Crippen MR) is 91.8 cm³/mol. The van der Waals surface area contributed by atoms with Crippen LogP contribution in [0.2, 0.25) is 0 Å². The van der Waals surface area contributed by atoms with Gasteiger partial charge in [0, 0.05) is 17.1 Å². The van der Waals surface area contributed by atoms with Crippen LogP contribution in [0.25, 0.3) is 0 Å². The molecule has 0 aliphatic carbocycles. The normalized spacial score (nSPS) is 13.3. The molecule has 0 bridgehead atoms. The molecule has 23 heavy (non-hydrogen) atoms. The summed E-state index contributed by atoms with van der Waals surface area (Å²) in [5, 5.41) is 5.10. The molecule has 0 aromatic heterocycles. The number of nitrogens with zero attached hydrogens (tertiary/aromatic N) is 1. The summed E-state index contributed by atoms with van der Waals surface area (Å²) in [6.07, 6.45) is 0. The van der Waals surface area contributed by atoms with Crippen LogP contribution >= 0.6 is 15.9 Å². The highest BCUT2D eigenvalue weighted by Gasteiger charge is 2.15. The molecule has 124 valence electrons. The van der Waals surface area contributed by atoms with E-state index in [-0.39, 0.29) is 16.8 Å². The maximum atomic E-state index is 13.1. The molecule has 2 aromatic rings. The molecule has 2 rings (SSSR count). The lowest BCUT2D eigenvalue weighted by atomic mass is 10.1. The van der Waals surface area contributed by atoms with Crippen molar-refractivity contribution in [3.8, 4) is 0 Å². The minimum Gasteiger partial charge on any atom is -0.295 e. The lowest BCUT2D eigenvalue weighted by Gasteiger charge is -2.25. The van der Waals surface area contributed by atoms with Crippen LogP contribution in [0.1, 0.15) is 24.1 Å². The number of nitrogens with two attached hydrogens (primary N) is 1. The number of benzene rings is 2. The fourth-order valence-electron chi connectivity index (χ4n) is 2.25. The molecule has 7 heteroatoms. The summed E-state index contributed by atoms with van der Waals surface area (Å²) in [5.41, 5.74) is 1.94. The number of halogens is 2. The molecule has 0 saturated heterocycles. The van der Waals surface area contributed by atoms with Crippen LogP contribution in [0, 0.1) is 5.82 Å². The molecule has 0 aliphatic heterocycles. The van der Waals surface area contributed by atoms with E-state index in [1.54, 1.807) is 18.2 Å². The molecule has 0 unspecified atom stereocenters. The van der Waals surface area contributed by atoms with Crippen molar-refractivity contribution in [1.29, 1.82) is 0 Å². The van der Waals surface area contributed by atoms with Crippen molar-refractivity contribution in [3.05, 3.63) is 63.9 Å². The Labute approximate surface area is 144 Å². The molecule has 0 fully saturated rings. The molecule has 0 radical (unpaired) electrons. The van der Waals surface area contributed by atoms with E-state index in [0.717, 1.165) is 15.6 Å². The minimum absolute atomic E-state index is 0.0569. The number of rotatable bonds is 5. The van der Waals surface area contributed by atoms with Gasteiger partial charge in [-0.05, 0) is 49.4 Å². The summed E-state index contributed by atoms with van der Waals surface area (Å²) in [7, 11) is -1.73. The summed E-state index contributed by atoms with van der Waals surface area (Å²) in [4.78, 5) is 2.18. The topological polar surface area (TPSA) is 63.4 Å². The third-order valence-corrected chi connectivity index (χ3v) is 5.45. The molecule has 0 aliphatic rings. The lowest BCUT2D eigenvalue weighted by Crippen LogP contribution is -2.22. The van der Waals surface area contributed by atoms with E-state index in [1.165, 1.54) is 24.3 Å². The molecule has 1 atom stereocenters. The standard InChI is InChI=1S/C16H18BrFN2O2S/c1-11(12-4-7-15(8-5-12)23(19,21)22)20(2)10-13-3-6-14(18)9-16(13)17/h3-9,11H,10H2,1-2H3,(H2,19,21,22)/t11-/m1/s1. The minimum atomic E-state index is -3.68. The quantitative estimate of drug-likeness (QED) is 0.835. The van der Waals surface area contributed by atoms with Crippen LogP contribution in [0.15, 0.2) is 51.8 Å². The summed E-state index contributed by atoms with van der Waals surface area (Å²) in [5.74, 6) is -0.282. The SMILES string of the molecule is C[C@H](c1ccc(S(N)(=O)=O)cc1)N(C)Cc1ccc(F)cc1Br. The Kier molecular flexibility index (Phi) is 5.57. The number of hydrogen-bond donors (Lipinski definition) is 1. The second kappa shape index (κ2) is 7.09. The van der Waals surface area contributed by atoms with Crippen LogP contribution < -0.4 is 5.14 Å². The van der Waals surface area contributed by atoms with Gasteiger partial charge < -0.3 is 0 Å². The average Bonchev–Trinajstić information content (AvgIpc) is 2.48. The number of primary sulfonamides is 1. The van der Waals surface area contributed by atoms with E-state index < -0.39 is 10.0 Å². The zero-order valence-electron chi connectivity index (χ0n) is 12.8. The zero-order valence-corrected chi connectivity index (χ0v) is 15.2. The summed E-state index contributed by atoms with van der Waals surface area (Å²) in [6, 6.07) is 11.2. The van der Waals surface area contributed by atoms with Crippen molar-refractivity contribution < 1.29 is 12.8 Å². The molecule has 0 spiro atoms. The van der Waals surface area contributed by atoms with E-state index >= 15 is 0 Å². The zero-order chi connectivity index (χ0) is 17.2. The van der Waals surface area contributed by atoms with Gasteiger partial charge >= 0.3 is 0 Å². The lowest BCUT2D eigenvalue weighted by molar-refractivity contribution is 0.252. The second-order valence-corrected chi connectivity index (χ2v) is 7.86. The van der Waals surface area contributed by atoms with Gasteiger partial charge in [0.05, 0.1) is 4.90 Å². The summed E-state index contributed by atoms with van der Waals surface area (Å²) >= 11 is 3.37. The van der Waals surface area contributed by atoms with Gasteiger partial charge in [-0.3, -0.25) is 4.90 Å². The highest BCUT2D eigenvalue weighted by Crippen LogP contribution is 2.25. The van der Waals surface area contributed by atoms with E-state index in [2.05, 4.69) is 20.8 Å². The van der Waals surface area contributed by atoms with E-state index in [4.69, 9.17) is 5.14 Å². The third kappa shape index (κ3) is 4.60. The largest absolute Gasteiger partial charge is 0.295 e. The Morgan fingerprint density at radius 2 is 1.83 bits per heavy atom. The van der Waals surface area contributed by atoms with Gasteiger partial charge in [0.1, 0.15) is 5.82 Å². The Balaban J connectivity index is 2.14. The van der Waals surface area contributed by atoms with Crippen LogP contribution in [0.4, 0.5) is 4.39 Å². The van der Waals surface area contributed by atoms with Gasteiger partial charge in [0.25, 0.3) is 0 Å². The van der Waals surface area contributed by atoms with Gasteiger partial charge in [-0.1, -0.05) is 34.1 Å². The van der Waals surface area contributed by atoms with E-state index in [0.29, 0.717) is 6.54 Å². The van der Waals surface area contributed by atoms with Crippen LogP contribution in [-0.4, -0.2) is 20.4 Å². The van der Waals surface area contributed by atoms with Crippen molar-refractivity contribution in [2.45, 2.75) is 24.4 Å². The molecule has 0 saturated carbocycles. The first-order valence-corrected chi connectivity index (χ1v) is 9.29. The Morgan fingerprint density at radius 3 is 2.35 bits per heavy atom. The van der Waals surface area contributed by atoms with Gasteiger partial charge in [0.2, 0.25) is 10.0 Å². The highest BCUT2D eigenvalue weighted by atomic mass is 79.9. The van der Waals surface area contributed by atoms with Crippen molar-refractivity contribution in [2.24, 2.45) is 5.14 Å². The monoisotopic (exact) mass is 400 g/mol. The highest BCUT2D eigenvalue weighted by molar-refractivity contribution is 9.10. The Bertz CT molecular complexity index is 794. The first kappa shape index (κ1) is 18.1. The number of hydrogen-bond acceptors (Lipinski definition) is 3. The van der Waals surface area contributed by atoms with Gasteiger partial charge in [-0.2, -0.15) is 0 Å². The smallest absolute Gasteiger partial charge is 0.238 e. The van der Waals surface area contributed by atoms with Crippen LogP contribution in [0.3, 0.4) is 0 Å². The molecule has 2 aromatic carbocycles. The van der Waals surface area contributed by atoms with Gasteiger partial charge in [-0.25, -0.2) is 17.9 Å². The molecular weight excluding hydrogens is 383 g/mol. The maximum absolute atomic E-state index is 13.1. The molecular formula is C16H18BrFN2O2S. The van der Waals surface area contributed by atoms with Crippen LogP contribution in [0.5, 0.6) is 0 Å². The Morgan fingerprint density at radius 1 is 1.22 bits per heavy atom. The molecule has 4 nitrogen and oxygen atoms in total. The van der Waals surface area contributed by atoms with Crippen molar-refractivity contribution in [1.82, 2.24) is 4.90 Å². The average molecular weight is 401 g/mol. The van der Waals surface area contributed by atoms with Gasteiger partial charge in [-0.15, -0.1) is 0 Å². The van der Waals surface area contributed by atoms with Crippen molar-refractivity contribution in [2.75, 3.05) is 7.05 Å². The third-order valence-electron chi connectivity index (χ3n) is 3.79. The Hall–Kier alpha value is -1.28. The first-order valence-electron chi connectivity index (χ1n) is 6.95. The summed E-state index contributed by atoms with van der Waals surface area (Å²) < 4.78 is 36.4. The van der Waals surface area contributed by atoms with E-state index in [9.17, 15) is 12.8 Å². The predicted octanol–water partition coefficient (Wildman–Crippen LogP) is 3.43. The van der Waals surface area contributed by atoms with Gasteiger partial charge in [0.15, 0.2) is 0 Å². The summed E-state index contributed by atoms with van der Waals surface area (Å²) in [6.45, 7) is 2.64. The maximum Gasteiger partial charge on any atom is 0.238 e. The first-order chi connectivity index (χ1) is 10.7. The fourth-order valence-corrected chi connectivity index (χ4v) is 3.24. The number of sulfonamides is 1. The second-order valence-electron chi connectivity index (χ2n) is 5.44. The molecule has 2 N–H and O–H groups in total.